The first-order chi connectivity index (χ1) is 11.1. The molecule has 0 heterocycles. The van der Waals surface area contributed by atoms with E-state index in [4.69, 9.17) is 5.73 Å². The maximum Gasteiger partial charge on any atom is 0.416 e. The number of alkyl halides is 6. The highest BCUT2D eigenvalue weighted by atomic mass is 32.2. The van der Waals surface area contributed by atoms with E-state index in [2.05, 4.69) is 0 Å². The lowest BCUT2D eigenvalue weighted by Gasteiger charge is -2.16. The van der Waals surface area contributed by atoms with Crippen LogP contribution in [-0.2, 0) is 27.0 Å². The van der Waals surface area contributed by atoms with Crippen molar-refractivity contribution in [3.63, 3.8) is 0 Å². The zero-order valence-electron chi connectivity index (χ0n) is 12.7. The predicted molar refractivity (Wildman–Crippen MR) is 77.4 cm³/mol. The van der Waals surface area contributed by atoms with Crippen molar-refractivity contribution in [1.29, 1.82) is 0 Å². The lowest BCUT2D eigenvalue weighted by atomic mass is 10.1. The number of amides is 1. The first-order valence-electron chi connectivity index (χ1n) is 6.63. The monoisotopic (exact) mass is 392 g/mol. The van der Waals surface area contributed by atoms with Crippen LogP contribution in [0.4, 0.5) is 32.0 Å². The van der Waals surface area contributed by atoms with Gasteiger partial charge in [-0.2, -0.15) is 26.3 Å². The van der Waals surface area contributed by atoms with Crippen molar-refractivity contribution in [3.05, 3.63) is 29.3 Å². The Morgan fingerprint density at radius 2 is 1.52 bits per heavy atom. The van der Waals surface area contributed by atoms with Crippen LogP contribution in [-0.4, -0.2) is 32.4 Å². The lowest BCUT2D eigenvalue weighted by Crippen LogP contribution is -2.37. The maximum absolute atomic E-state index is 12.7. The van der Waals surface area contributed by atoms with Crippen LogP contribution in [0.25, 0.3) is 0 Å². The standard InChI is InChI=1S/C13H14F6N2O3S/c1-25(23,24)3-2-10(20)11(22)21-9-5-7(12(14,15)16)4-8(6-9)13(17,18)19/h4-6,10H,2-3,20H2,1H3,(H,21,22). The summed E-state index contributed by atoms with van der Waals surface area (Å²) in [5.41, 5.74) is 1.46. The Bertz CT molecular complexity index is 711. The fraction of sp³-hybridized carbons (Fsp3) is 0.462. The number of sulfone groups is 1. The maximum atomic E-state index is 12.7. The molecule has 1 aromatic carbocycles. The average Bonchev–Trinajstić information content (AvgIpc) is 2.41. The van der Waals surface area contributed by atoms with Crippen molar-refractivity contribution in [2.24, 2.45) is 5.73 Å². The molecule has 0 fully saturated rings. The van der Waals surface area contributed by atoms with E-state index in [0.717, 1.165) is 6.26 Å². The van der Waals surface area contributed by atoms with Gasteiger partial charge in [-0.25, -0.2) is 8.42 Å². The second-order valence-electron chi connectivity index (χ2n) is 5.31. The van der Waals surface area contributed by atoms with E-state index in [0.29, 0.717) is 12.1 Å². The first-order valence-corrected chi connectivity index (χ1v) is 8.69. The van der Waals surface area contributed by atoms with Crippen LogP contribution in [0.1, 0.15) is 17.5 Å². The highest BCUT2D eigenvalue weighted by Crippen LogP contribution is 2.37. The van der Waals surface area contributed by atoms with Gasteiger partial charge in [-0.15, -0.1) is 0 Å². The summed E-state index contributed by atoms with van der Waals surface area (Å²) in [4.78, 5) is 11.8. The van der Waals surface area contributed by atoms with Crippen LogP contribution in [0.5, 0.6) is 0 Å². The molecule has 0 saturated heterocycles. The number of carbonyl (C=O) groups is 1. The first kappa shape index (κ1) is 21.2. The average molecular weight is 392 g/mol. The largest absolute Gasteiger partial charge is 0.416 e. The van der Waals surface area contributed by atoms with Crippen molar-refractivity contribution >= 4 is 21.4 Å². The van der Waals surface area contributed by atoms with Gasteiger partial charge in [0, 0.05) is 11.9 Å². The summed E-state index contributed by atoms with van der Waals surface area (Å²) >= 11 is 0. The molecule has 0 aliphatic heterocycles. The molecule has 1 amide bonds. The second-order valence-corrected chi connectivity index (χ2v) is 7.57. The number of halogens is 6. The minimum atomic E-state index is -5.06. The molecule has 5 nitrogen and oxygen atoms in total. The van der Waals surface area contributed by atoms with Crippen molar-refractivity contribution in [1.82, 2.24) is 0 Å². The van der Waals surface area contributed by atoms with Crippen molar-refractivity contribution < 1.29 is 39.6 Å². The molecule has 0 aromatic heterocycles. The van der Waals surface area contributed by atoms with Gasteiger partial charge in [-0.1, -0.05) is 0 Å². The summed E-state index contributed by atoms with van der Waals surface area (Å²) in [5.74, 6) is -1.56. The third kappa shape index (κ3) is 6.90. The highest BCUT2D eigenvalue weighted by molar-refractivity contribution is 7.90. The van der Waals surface area contributed by atoms with Crippen molar-refractivity contribution in [3.8, 4) is 0 Å². The number of hydrogen-bond acceptors (Lipinski definition) is 4. The normalized spacial score (nSPS) is 14.2. The van der Waals surface area contributed by atoms with E-state index >= 15 is 0 Å². The molecule has 0 spiro atoms. The molecule has 0 aliphatic carbocycles. The topological polar surface area (TPSA) is 89.3 Å². The third-order valence-electron chi connectivity index (χ3n) is 2.99. The number of hydrogen-bond donors (Lipinski definition) is 2. The van der Waals surface area contributed by atoms with E-state index in [1.54, 1.807) is 0 Å². The number of rotatable bonds is 5. The molecule has 0 radical (unpaired) electrons. The Balaban J connectivity index is 3.06. The van der Waals surface area contributed by atoms with Gasteiger partial charge in [0.25, 0.3) is 0 Å². The minimum Gasteiger partial charge on any atom is -0.325 e. The number of nitrogens with one attached hydrogen (secondary N) is 1. The Hall–Kier alpha value is -1.82. The number of anilines is 1. The molecule has 0 aliphatic rings. The molecule has 1 atom stereocenters. The number of benzene rings is 1. The summed E-state index contributed by atoms with van der Waals surface area (Å²) < 4.78 is 98.3. The highest BCUT2D eigenvalue weighted by Gasteiger charge is 2.37. The van der Waals surface area contributed by atoms with E-state index in [9.17, 15) is 39.6 Å². The van der Waals surface area contributed by atoms with E-state index < -0.39 is 56.7 Å². The summed E-state index contributed by atoms with van der Waals surface area (Å²) in [6, 6.07) is -0.842. The Morgan fingerprint density at radius 3 is 1.88 bits per heavy atom. The fourth-order valence-electron chi connectivity index (χ4n) is 1.73. The Kier molecular flexibility index (Phi) is 6.11. The molecule has 3 N–H and O–H groups in total. The van der Waals surface area contributed by atoms with E-state index in [-0.39, 0.29) is 12.5 Å². The lowest BCUT2D eigenvalue weighted by molar-refractivity contribution is -0.143. The molecule has 12 heteroatoms. The number of carbonyl (C=O) groups excluding carboxylic acids is 1. The molecule has 142 valence electrons. The van der Waals surface area contributed by atoms with E-state index in [1.165, 1.54) is 0 Å². The summed E-state index contributed by atoms with van der Waals surface area (Å²) in [6.45, 7) is 0. The van der Waals surface area contributed by atoms with Gasteiger partial charge in [0.1, 0.15) is 9.84 Å². The smallest absolute Gasteiger partial charge is 0.325 e. The molecule has 0 saturated carbocycles. The molecular formula is C13H14F6N2O3S. The van der Waals surface area contributed by atoms with Gasteiger partial charge in [0.05, 0.1) is 22.9 Å². The second kappa shape index (κ2) is 7.20. The summed E-state index contributed by atoms with van der Waals surface area (Å²) in [5, 5.41) is 1.84. The van der Waals surface area contributed by atoms with Crippen LogP contribution in [0.3, 0.4) is 0 Å². The van der Waals surface area contributed by atoms with Crippen molar-refractivity contribution in [2.75, 3.05) is 17.3 Å². The van der Waals surface area contributed by atoms with Gasteiger partial charge in [-0.05, 0) is 24.6 Å². The zero-order valence-corrected chi connectivity index (χ0v) is 13.5. The SMILES string of the molecule is CS(=O)(=O)CCC(N)C(=O)Nc1cc(C(F)(F)F)cc(C(F)(F)F)c1. The summed E-state index contributed by atoms with van der Waals surface area (Å²) in [7, 11) is -3.44. The molecular weight excluding hydrogens is 378 g/mol. The Labute approximate surface area is 139 Å². The van der Waals surface area contributed by atoms with Crippen LogP contribution < -0.4 is 11.1 Å². The molecule has 1 aromatic rings. The van der Waals surface area contributed by atoms with Crippen molar-refractivity contribution in [2.45, 2.75) is 24.8 Å². The summed E-state index contributed by atoms with van der Waals surface area (Å²) in [6.07, 6.45) is -9.56. The zero-order chi connectivity index (χ0) is 19.6. The quantitative estimate of drug-likeness (QED) is 0.754. The van der Waals surface area contributed by atoms with Crippen LogP contribution in [0.2, 0.25) is 0 Å². The third-order valence-corrected chi connectivity index (χ3v) is 3.97. The fourth-order valence-corrected chi connectivity index (χ4v) is 2.42. The predicted octanol–water partition coefficient (Wildman–Crippen LogP) is 2.42. The van der Waals surface area contributed by atoms with Gasteiger partial charge in [-0.3, -0.25) is 4.79 Å². The van der Waals surface area contributed by atoms with Gasteiger partial charge < -0.3 is 11.1 Å². The Morgan fingerprint density at radius 1 is 1.08 bits per heavy atom. The van der Waals surface area contributed by atoms with Gasteiger partial charge >= 0.3 is 12.4 Å². The molecule has 25 heavy (non-hydrogen) atoms. The van der Waals surface area contributed by atoms with Gasteiger partial charge in [0.2, 0.25) is 5.91 Å². The number of nitrogens with two attached hydrogens (primary N) is 1. The van der Waals surface area contributed by atoms with Crippen LogP contribution in [0, 0.1) is 0 Å². The molecule has 1 unspecified atom stereocenters. The minimum absolute atomic E-state index is 0.0841. The van der Waals surface area contributed by atoms with Gasteiger partial charge in [0.15, 0.2) is 0 Å². The van der Waals surface area contributed by atoms with Crippen LogP contribution in [0.15, 0.2) is 18.2 Å². The molecule has 0 bridgehead atoms. The van der Waals surface area contributed by atoms with Crippen LogP contribution >= 0.6 is 0 Å². The molecule has 1 rings (SSSR count). The van der Waals surface area contributed by atoms with E-state index in [1.807, 2.05) is 5.32 Å².